The predicted molar refractivity (Wildman–Crippen MR) is 107 cm³/mol. The second-order valence-electron chi connectivity index (χ2n) is 6.51. The van der Waals surface area contributed by atoms with Crippen LogP contribution in [0.15, 0.2) is 53.9 Å². The third-order valence-corrected chi connectivity index (χ3v) is 6.44. The van der Waals surface area contributed by atoms with Gasteiger partial charge in [0.25, 0.3) is 0 Å². The maximum atomic E-state index is 12.0. The highest BCUT2D eigenvalue weighted by Crippen LogP contribution is 2.60. The molecule has 2 atom stereocenters. The van der Waals surface area contributed by atoms with Crippen LogP contribution in [0.5, 0.6) is 0 Å². The molecule has 0 bridgehead atoms. The summed E-state index contributed by atoms with van der Waals surface area (Å²) in [5, 5.41) is 5.39. The molecule has 10 heteroatoms. The number of nitrogens with zero attached hydrogens (tertiary/aromatic N) is 3. The number of hydrogen-bond acceptors (Lipinski definition) is 5. The fourth-order valence-electron chi connectivity index (χ4n) is 3.29. The van der Waals surface area contributed by atoms with Crippen molar-refractivity contribution in [3.05, 3.63) is 75.0 Å². The Balaban J connectivity index is 1.82. The van der Waals surface area contributed by atoms with E-state index in [1.54, 1.807) is 24.3 Å². The summed E-state index contributed by atoms with van der Waals surface area (Å²) < 4.78 is 31.5. The second kappa shape index (κ2) is 7.00. The van der Waals surface area contributed by atoms with Crippen LogP contribution in [-0.2, 0) is 26.7 Å². The molecule has 1 aliphatic rings. The van der Waals surface area contributed by atoms with E-state index in [9.17, 15) is 8.42 Å². The second-order valence-corrected chi connectivity index (χ2v) is 9.67. The summed E-state index contributed by atoms with van der Waals surface area (Å²) >= 11 is 18.8. The first-order valence-electron chi connectivity index (χ1n) is 8.18. The van der Waals surface area contributed by atoms with Crippen LogP contribution in [0.1, 0.15) is 17.2 Å². The van der Waals surface area contributed by atoms with Crippen molar-refractivity contribution in [3.63, 3.8) is 0 Å². The van der Waals surface area contributed by atoms with E-state index in [-0.39, 0.29) is 11.7 Å². The van der Waals surface area contributed by atoms with E-state index < -0.39 is 21.5 Å². The fourth-order valence-corrected chi connectivity index (χ4v) is 4.83. The minimum Gasteiger partial charge on any atom is -0.354 e. The van der Waals surface area contributed by atoms with Crippen LogP contribution in [0.4, 0.5) is 0 Å². The third kappa shape index (κ3) is 3.42. The molecule has 0 N–H and O–H groups in total. The van der Waals surface area contributed by atoms with Gasteiger partial charge < -0.3 is 4.74 Å². The normalized spacial score (nSPS) is 21.6. The Morgan fingerprint density at radius 1 is 1.14 bits per heavy atom. The van der Waals surface area contributed by atoms with Crippen LogP contribution >= 0.6 is 34.8 Å². The van der Waals surface area contributed by atoms with Crippen molar-refractivity contribution in [2.45, 2.75) is 23.4 Å². The van der Waals surface area contributed by atoms with Crippen molar-refractivity contribution in [1.82, 2.24) is 14.8 Å². The minimum absolute atomic E-state index is 0.1000. The molecular weight excluding hydrogens is 445 g/mol. The largest absolute Gasteiger partial charge is 0.354 e. The summed E-state index contributed by atoms with van der Waals surface area (Å²) in [7, 11) is -3.57. The number of ether oxygens (including phenoxy) is 1. The van der Waals surface area contributed by atoms with Gasteiger partial charge in [-0.25, -0.2) is 18.1 Å². The highest BCUT2D eigenvalue weighted by Gasteiger charge is 2.60. The number of epoxide rings is 1. The number of benzene rings is 2. The van der Waals surface area contributed by atoms with Crippen LogP contribution in [-0.4, -0.2) is 29.4 Å². The zero-order valence-corrected chi connectivity index (χ0v) is 17.6. The van der Waals surface area contributed by atoms with Crippen LogP contribution in [0.25, 0.3) is 0 Å². The minimum atomic E-state index is -3.57. The van der Waals surface area contributed by atoms with E-state index in [4.69, 9.17) is 39.5 Å². The highest BCUT2D eigenvalue weighted by atomic mass is 35.5. The summed E-state index contributed by atoms with van der Waals surface area (Å²) in [5.41, 5.74) is 0.498. The standard InChI is InChI=1S/C18H14Cl3N3O3S/c1-28(25,26)17-22-10-23-24(17)9-18(13-4-2-3-5-14(13)20)16(27-18)12-7-6-11(19)8-15(12)21/h2-8,10,16H,9H2,1H3/t16-,18-/m0/s1. The first-order chi connectivity index (χ1) is 13.2. The molecule has 6 nitrogen and oxygen atoms in total. The zero-order chi connectivity index (χ0) is 20.1. The molecule has 0 amide bonds. The van der Waals surface area contributed by atoms with Crippen molar-refractivity contribution in [1.29, 1.82) is 0 Å². The first-order valence-corrected chi connectivity index (χ1v) is 11.2. The van der Waals surface area contributed by atoms with Crippen molar-refractivity contribution in [2.75, 3.05) is 6.26 Å². The number of aromatic nitrogens is 3. The number of hydrogen-bond donors (Lipinski definition) is 0. The molecular formula is C18H14Cl3N3O3S. The van der Waals surface area contributed by atoms with Crippen molar-refractivity contribution < 1.29 is 13.2 Å². The molecule has 0 radical (unpaired) electrons. The fraction of sp³-hybridized carbons (Fsp3) is 0.222. The van der Waals surface area contributed by atoms with Gasteiger partial charge in [0.15, 0.2) is 0 Å². The maximum Gasteiger partial charge on any atom is 0.245 e. The zero-order valence-electron chi connectivity index (χ0n) is 14.5. The Kier molecular flexibility index (Phi) is 4.92. The number of halogens is 3. The topological polar surface area (TPSA) is 77.4 Å². The molecule has 0 saturated carbocycles. The quantitative estimate of drug-likeness (QED) is 0.532. The molecule has 1 fully saturated rings. The number of sulfone groups is 1. The van der Waals surface area contributed by atoms with Gasteiger partial charge in [-0.1, -0.05) is 59.1 Å². The maximum absolute atomic E-state index is 12.0. The lowest BCUT2D eigenvalue weighted by Crippen LogP contribution is -2.23. The van der Waals surface area contributed by atoms with E-state index in [2.05, 4.69) is 10.1 Å². The predicted octanol–water partition coefficient (Wildman–Crippen LogP) is 4.31. The van der Waals surface area contributed by atoms with E-state index in [0.717, 1.165) is 11.8 Å². The lowest BCUT2D eigenvalue weighted by molar-refractivity contribution is 0.256. The van der Waals surface area contributed by atoms with Gasteiger partial charge in [0, 0.05) is 32.5 Å². The van der Waals surface area contributed by atoms with Crippen molar-refractivity contribution in [2.24, 2.45) is 0 Å². The van der Waals surface area contributed by atoms with Crippen LogP contribution in [0.2, 0.25) is 15.1 Å². The Bertz CT molecular complexity index is 1170. The third-order valence-electron chi connectivity index (χ3n) is 4.57. The average Bonchev–Trinajstić information content (AvgIpc) is 3.10. The van der Waals surface area contributed by atoms with Gasteiger partial charge in [-0.2, -0.15) is 5.10 Å². The molecule has 1 aliphatic heterocycles. The Morgan fingerprint density at radius 3 is 2.57 bits per heavy atom. The van der Waals surface area contributed by atoms with Gasteiger partial charge >= 0.3 is 0 Å². The smallest absolute Gasteiger partial charge is 0.245 e. The molecule has 28 heavy (non-hydrogen) atoms. The van der Waals surface area contributed by atoms with Crippen LogP contribution in [0, 0.1) is 0 Å². The van der Waals surface area contributed by atoms with Gasteiger partial charge in [-0.3, -0.25) is 0 Å². The molecule has 0 spiro atoms. The van der Waals surface area contributed by atoms with Gasteiger partial charge in [-0.05, 0) is 18.2 Å². The average molecular weight is 459 g/mol. The van der Waals surface area contributed by atoms with Gasteiger partial charge in [0.05, 0.1) is 6.54 Å². The van der Waals surface area contributed by atoms with Crippen LogP contribution < -0.4 is 0 Å². The van der Waals surface area contributed by atoms with E-state index in [0.29, 0.717) is 20.6 Å². The summed E-state index contributed by atoms with van der Waals surface area (Å²) in [6, 6.07) is 12.4. The van der Waals surface area contributed by atoms with Gasteiger partial charge in [-0.15, -0.1) is 0 Å². The van der Waals surface area contributed by atoms with E-state index >= 15 is 0 Å². The molecule has 0 unspecified atom stereocenters. The van der Waals surface area contributed by atoms with Gasteiger partial charge in [0.2, 0.25) is 15.0 Å². The van der Waals surface area contributed by atoms with E-state index in [1.807, 2.05) is 18.2 Å². The SMILES string of the molecule is CS(=O)(=O)c1ncnn1C[C@@]1(c2ccccc2Cl)O[C@H]1c1ccc(Cl)cc1Cl. The van der Waals surface area contributed by atoms with Gasteiger partial charge in [0.1, 0.15) is 18.0 Å². The Hall–Kier alpha value is -1.64. The molecule has 1 aromatic heterocycles. The van der Waals surface area contributed by atoms with Crippen molar-refractivity contribution in [3.8, 4) is 0 Å². The Morgan fingerprint density at radius 2 is 1.89 bits per heavy atom. The lowest BCUT2D eigenvalue weighted by Gasteiger charge is -2.17. The molecule has 2 heterocycles. The summed E-state index contributed by atoms with van der Waals surface area (Å²) in [6.45, 7) is 0.1000. The molecule has 2 aromatic carbocycles. The molecule has 4 rings (SSSR count). The summed E-state index contributed by atoms with van der Waals surface area (Å²) in [6.07, 6.45) is 1.83. The lowest BCUT2D eigenvalue weighted by atomic mass is 9.91. The highest BCUT2D eigenvalue weighted by molar-refractivity contribution is 7.90. The van der Waals surface area contributed by atoms with Crippen LogP contribution in [0.3, 0.4) is 0 Å². The molecule has 1 saturated heterocycles. The molecule has 3 aromatic rings. The molecule has 146 valence electrons. The Labute approximate surface area is 176 Å². The number of rotatable bonds is 5. The molecule has 0 aliphatic carbocycles. The monoisotopic (exact) mass is 457 g/mol. The summed E-state index contributed by atoms with van der Waals surface area (Å²) in [4.78, 5) is 3.87. The van der Waals surface area contributed by atoms with E-state index in [1.165, 1.54) is 11.0 Å². The first kappa shape index (κ1) is 19.7. The summed E-state index contributed by atoms with van der Waals surface area (Å²) in [5.74, 6) is 0. The van der Waals surface area contributed by atoms with Crippen molar-refractivity contribution >= 4 is 44.6 Å².